The van der Waals surface area contributed by atoms with Crippen molar-refractivity contribution in [2.24, 2.45) is 5.92 Å². The number of anilines is 1. The fraction of sp³-hybridized carbons (Fsp3) is 0.706. The maximum Gasteiger partial charge on any atom is 0.389 e. The predicted octanol–water partition coefficient (Wildman–Crippen LogP) is 4.79. The Bertz CT molecular complexity index is 653. The number of halogens is 5. The van der Waals surface area contributed by atoms with Gasteiger partial charge < -0.3 is 9.64 Å². The maximum absolute atomic E-state index is 12.3. The number of carbonyl (C=O) groups excluding carboxylic acids is 1. The largest absolute Gasteiger partial charge is 0.466 e. The monoisotopic (exact) mass is 519 g/mol. The molecule has 10 heteroatoms. The van der Waals surface area contributed by atoms with Crippen LogP contribution >= 0.6 is 34.2 Å². The van der Waals surface area contributed by atoms with Gasteiger partial charge in [-0.15, -0.1) is 0 Å². The van der Waals surface area contributed by atoms with Gasteiger partial charge in [0, 0.05) is 19.5 Å². The SMILES string of the molecule is CCOC(=O)C1CCN(c2nc(CCCCC(F)(F)F)c(I)nc2Cl)CC1. The number of rotatable bonds is 7. The van der Waals surface area contributed by atoms with E-state index in [1.165, 1.54) is 0 Å². The average Bonchev–Trinajstić information content (AvgIpc) is 2.60. The number of aromatic nitrogens is 2. The lowest BCUT2D eigenvalue weighted by atomic mass is 9.97. The Balaban J connectivity index is 1.98. The lowest BCUT2D eigenvalue weighted by Crippen LogP contribution is -2.37. The Morgan fingerprint density at radius 2 is 1.96 bits per heavy atom. The van der Waals surface area contributed by atoms with Crippen molar-refractivity contribution < 1.29 is 22.7 Å². The van der Waals surface area contributed by atoms with Gasteiger partial charge in [-0.25, -0.2) is 9.97 Å². The quantitative estimate of drug-likeness (QED) is 0.295. The van der Waals surface area contributed by atoms with Crippen LogP contribution in [0.15, 0.2) is 0 Å². The molecule has 0 saturated carbocycles. The summed E-state index contributed by atoms with van der Waals surface area (Å²) in [6.07, 6.45) is -2.77. The molecule has 1 aromatic rings. The van der Waals surface area contributed by atoms with E-state index in [1.54, 1.807) is 6.92 Å². The Hall–Kier alpha value is -0.840. The van der Waals surface area contributed by atoms with Gasteiger partial charge in [0.15, 0.2) is 11.0 Å². The minimum Gasteiger partial charge on any atom is -0.466 e. The smallest absolute Gasteiger partial charge is 0.389 e. The molecular weight excluding hydrogens is 498 g/mol. The summed E-state index contributed by atoms with van der Waals surface area (Å²) in [7, 11) is 0. The molecule has 0 aromatic carbocycles. The minimum atomic E-state index is -4.13. The van der Waals surface area contributed by atoms with Gasteiger partial charge in [0.2, 0.25) is 0 Å². The lowest BCUT2D eigenvalue weighted by molar-refractivity contribution is -0.148. The average molecular weight is 520 g/mol. The number of esters is 1. The van der Waals surface area contributed by atoms with Gasteiger partial charge in [-0.3, -0.25) is 4.79 Å². The lowest BCUT2D eigenvalue weighted by Gasteiger charge is -2.32. The highest BCUT2D eigenvalue weighted by molar-refractivity contribution is 14.1. The van der Waals surface area contributed by atoms with Crippen molar-refractivity contribution in [2.45, 2.75) is 51.6 Å². The molecule has 0 spiro atoms. The fourth-order valence-electron chi connectivity index (χ4n) is 2.99. The Kier molecular flexibility index (Phi) is 8.39. The minimum absolute atomic E-state index is 0.0597. The van der Waals surface area contributed by atoms with E-state index in [2.05, 4.69) is 9.97 Å². The zero-order valence-electron chi connectivity index (χ0n) is 15.0. The van der Waals surface area contributed by atoms with Crippen LogP contribution in [-0.4, -0.2) is 41.8 Å². The molecule has 1 saturated heterocycles. The molecule has 0 bridgehead atoms. The first-order valence-corrected chi connectivity index (χ1v) is 10.4. The number of carbonyl (C=O) groups is 1. The van der Waals surface area contributed by atoms with E-state index < -0.39 is 12.6 Å². The van der Waals surface area contributed by atoms with Crippen molar-refractivity contribution in [3.05, 3.63) is 14.5 Å². The number of nitrogens with zero attached hydrogens (tertiary/aromatic N) is 3. The highest BCUT2D eigenvalue weighted by Crippen LogP contribution is 2.29. The number of hydrogen-bond donors (Lipinski definition) is 0. The van der Waals surface area contributed by atoms with Crippen molar-refractivity contribution >= 4 is 46.0 Å². The topological polar surface area (TPSA) is 55.3 Å². The van der Waals surface area contributed by atoms with E-state index in [-0.39, 0.29) is 23.5 Å². The van der Waals surface area contributed by atoms with Crippen LogP contribution in [-0.2, 0) is 16.0 Å². The van der Waals surface area contributed by atoms with E-state index in [4.69, 9.17) is 16.3 Å². The Labute approximate surface area is 175 Å². The molecule has 5 nitrogen and oxygen atoms in total. The molecule has 0 N–H and O–H groups in total. The van der Waals surface area contributed by atoms with Gasteiger partial charge in [-0.2, -0.15) is 13.2 Å². The number of alkyl halides is 3. The summed E-state index contributed by atoms with van der Waals surface area (Å²) in [5.41, 5.74) is 0.657. The first-order chi connectivity index (χ1) is 12.7. The van der Waals surface area contributed by atoms with Gasteiger partial charge in [-0.05, 0) is 61.6 Å². The molecule has 0 aliphatic carbocycles. The molecule has 0 radical (unpaired) electrons. The van der Waals surface area contributed by atoms with E-state index in [9.17, 15) is 18.0 Å². The van der Waals surface area contributed by atoms with Gasteiger partial charge in [0.25, 0.3) is 0 Å². The van der Waals surface area contributed by atoms with E-state index >= 15 is 0 Å². The summed E-state index contributed by atoms with van der Waals surface area (Å²) in [5.74, 6) is 0.228. The molecule has 2 rings (SSSR count). The van der Waals surface area contributed by atoms with Crippen molar-refractivity contribution in [2.75, 3.05) is 24.6 Å². The van der Waals surface area contributed by atoms with Crippen LogP contribution in [0.5, 0.6) is 0 Å². The van der Waals surface area contributed by atoms with Crippen LogP contribution in [0.3, 0.4) is 0 Å². The van der Waals surface area contributed by atoms with Crippen LogP contribution in [0.25, 0.3) is 0 Å². The van der Waals surface area contributed by atoms with Gasteiger partial charge in [0.05, 0.1) is 18.2 Å². The van der Waals surface area contributed by atoms with Gasteiger partial charge >= 0.3 is 12.1 Å². The number of unbranched alkanes of at least 4 members (excludes halogenated alkanes) is 1. The first kappa shape index (κ1) is 22.4. The molecule has 1 aliphatic heterocycles. The summed E-state index contributed by atoms with van der Waals surface area (Å²) in [4.78, 5) is 22.7. The molecule has 2 heterocycles. The van der Waals surface area contributed by atoms with Crippen molar-refractivity contribution in [3.8, 4) is 0 Å². The number of hydrogen-bond acceptors (Lipinski definition) is 5. The second kappa shape index (κ2) is 10.1. The Morgan fingerprint density at radius 3 is 2.56 bits per heavy atom. The molecule has 0 amide bonds. The third kappa shape index (κ3) is 6.92. The van der Waals surface area contributed by atoms with Crippen LogP contribution in [0.1, 0.15) is 44.7 Å². The van der Waals surface area contributed by atoms with E-state index in [0.717, 1.165) is 0 Å². The van der Waals surface area contributed by atoms with Crippen LogP contribution in [0.2, 0.25) is 5.15 Å². The highest BCUT2D eigenvalue weighted by Gasteiger charge is 2.29. The second-order valence-electron chi connectivity index (χ2n) is 6.41. The van der Waals surface area contributed by atoms with Crippen molar-refractivity contribution in [1.29, 1.82) is 0 Å². The Morgan fingerprint density at radius 1 is 1.30 bits per heavy atom. The van der Waals surface area contributed by atoms with Crippen LogP contribution in [0, 0.1) is 9.62 Å². The van der Waals surface area contributed by atoms with Crippen molar-refractivity contribution in [3.63, 3.8) is 0 Å². The van der Waals surface area contributed by atoms with E-state index in [0.29, 0.717) is 60.6 Å². The summed E-state index contributed by atoms with van der Waals surface area (Å²) in [6.45, 7) is 3.35. The summed E-state index contributed by atoms with van der Waals surface area (Å²) >= 11 is 8.25. The molecule has 152 valence electrons. The maximum atomic E-state index is 12.3. The molecular formula is C17H22ClF3IN3O2. The van der Waals surface area contributed by atoms with Crippen LogP contribution < -0.4 is 4.90 Å². The third-order valence-electron chi connectivity index (χ3n) is 4.40. The summed E-state index contributed by atoms with van der Waals surface area (Å²) in [6, 6.07) is 0. The molecule has 0 unspecified atom stereocenters. The summed E-state index contributed by atoms with van der Waals surface area (Å²) < 4.78 is 42.5. The number of aryl methyl sites for hydroxylation is 1. The van der Waals surface area contributed by atoms with Crippen molar-refractivity contribution in [1.82, 2.24) is 9.97 Å². The first-order valence-electron chi connectivity index (χ1n) is 8.91. The molecule has 1 aromatic heterocycles. The zero-order valence-corrected chi connectivity index (χ0v) is 17.9. The highest BCUT2D eigenvalue weighted by atomic mass is 127. The molecule has 0 atom stereocenters. The second-order valence-corrected chi connectivity index (χ2v) is 7.79. The van der Waals surface area contributed by atoms with Gasteiger partial charge in [-0.1, -0.05) is 11.6 Å². The number of piperidine rings is 1. The normalized spacial score (nSPS) is 15.9. The molecule has 1 aliphatic rings. The summed E-state index contributed by atoms with van der Waals surface area (Å²) in [5, 5.41) is 0.271. The van der Waals surface area contributed by atoms with E-state index in [1.807, 2.05) is 27.5 Å². The predicted molar refractivity (Wildman–Crippen MR) is 105 cm³/mol. The number of ether oxygens (including phenoxy) is 1. The zero-order chi connectivity index (χ0) is 20.0. The standard InChI is InChI=1S/C17H22ClF3IN3O2/c1-2-27-16(26)11-6-9-25(10-7-11)15-13(18)24-14(22)12(23-15)5-3-4-8-17(19,20)21/h11H,2-10H2,1H3. The third-order valence-corrected chi connectivity index (χ3v) is 5.52. The van der Waals surface area contributed by atoms with Gasteiger partial charge in [0.1, 0.15) is 3.70 Å². The molecule has 27 heavy (non-hydrogen) atoms. The fourth-order valence-corrected chi connectivity index (χ4v) is 4.01. The van der Waals surface area contributed by atoms with Crippen LogP contribution in [0.4, 0.5) is 19.0 Å². The molecule has 1 fully saturated rings.